The maximum absolute atomic E-state index is 12.5. The predicted octanol–water partition coefficient (Wildman–Crippen LogP) is 4.66. The van der Waals surface area contributed by atoms with Gasteiger partial charge in [0, 0.05) is 11.9 Å². The summed E-state index contributed by atoms with van der Waals surface area (Å²) >= 11 is 1.30. The maximum atomic E-state index is 12.5. The molecule has 34 heavy (non-hydrogen) atoms. The molecule has 0 radical (unpaired) electrons. The highest BCUT2D eigenvalue weighted by atomic mass is 32.1. The van der Waals surface area contributed by atoms with Gasteiger partial charge in [0.25, 0.3) is 5.91 Å². The van der Waals surface area contributed by atoms with Crippen molar-refractivity contribution < 1.29 is 14.3 Å². The number of esters is 1. The van der Waals surface area contributed by atoms with Gasteiger partial charge in [-0.15, -0.1) is 11.3 Å². The molecule has 2 heterocycles. The summed E-state index contributed by atoms with van der Waals surface area (Å²) in [5.41, 5.74) is 5.38. The van der Waals surface area contributed by atoms with Gasteiger partial charge in [-0.3, -0.25) is 4.79 Å². The van der Waals surface area contributed by atoms with Gasteiger partial charge >= 0.3 is 5.97 Å². The van der Waals surface area contributed by atoms with Crippen molar-refractivity contribution in [1.82, 2.24) is 14.8 Å². The van der Waals surface area contributed by atoms with Gasteiger partial charge in [-0.1, -0.05) is 48.0 Å². The number of thiazole rings is 1. The number of carbonyl (C=O) groups is 2. The Balaban J connectivity index is 1.31. The molecule has 0 saturated carbocycles. The lowest BCUT2D eigenvalue weighted by atomic mass is 10.2. The summed E-state index contributed by atoms with van der Waals surface area (Å²) in [6.07, 6.45) is 0. The fourth-order valence-corrected chi connectivity index (χ4v) is 4.04. The van der Waals surface area contributed by atoms with Crippen molar-refractivity contribution in [3.8, 4) is 5.69 Å². The van der Waals surface area contributed by atoms with Crippen LogP contribution in [0.4, 0.5) is 10.8 Å². The third kappa shape index (κ3) is 5.49. The highest BCUT2D eigenvalue weighted by Crippen LogP contribution is 2.23. The number of nitrogens with one attached hydrogen (secondary N) is 2. The first-order valence-electron chi connectivity index (χ1n) is 10.7. The molecule has 0 atom stereocenters. The van der Waals surface area contributed by atoms with Crippen molar-refractivity contribution in [3.05, 3.63) is 88.2 Å². The number of hydrogen-bond acceptors (Lipinski definition) is 7. The largest absolute Gasteiger partial charge is 0.451 e. The fourth-order valence-electron chi connectivity index (χ4n) is 3.36. The van der Waals surface area contributed by atoms with E-state index in [-0.39, 0.29) is 5.69 Å². The number of aromatic nitrogens is 3. The Hall–Kier alpha value is -3.98. The molecular weight excluding hydrogens is 450 g/mol. The lowest BCUT2D eigenvalue weighted by Gasteiger charge is -2.08. The first kappa shape index (κ1) is 23.2. The second-order valence-corrected chi connectivity index (χ2v) is 8.65. The van der Waals surface area contributed by atoms with E-state index in [1.807, 2.05) is 75.4 Å². The summed E-state index contributed by atoms with van der Waals surface area (Å²) in [6.45, 7) is 5.89. The van der Waals surface area contributed by atoms with Gasteiger partial charge in [-0.25, -0.2) is 14.5 Å². The SMILES string of the molecule is Cc1ccc(-n2nc(C)c(NC(=O)COC(=O)c3csc(NCc4ccccc4)n3)c2C)cc1. The van der Waals surface area contributed by atoms with E-state index in [0.29, 0.717) is 23.1 Å². The van der Waals surface area contributed by atoms with Crippen LogP contribution in [0.5, 0.6) is 0 Å². The molecule has 2 aromatic heterocycles. The monoisotopic (exact) mass is 475 g/mol. The van der Waals surface area contributed by atoms with Gasteiger partial charge in [0.1, 0.15) is 0 Å². The Morgan fingerprint density at radius 3 is 2.50 bits per heavy atom. The topological polar surface area (TPSA) is 98.1 Å². The molecule has 9 heteroatoms. The van der Waals surface area contributed by atoms with Crippen molar-refractivity contribution in [2.24, 2.45) is 0 Å². The molecule has 4 rings (SSSR count). The molecule has 2 aromatic carbocycles. The zero-order chi connectivity index (χ0) is 24.1. The number of amides is 1. The van der Waals surface area contributed by atoms with Crippen LogP contribution in [0, 0.1) is 20.8 Å². The number of anilines is 2. The second kappa shape index (κ2) is 10.3. The number of rotatable bonds is 8. The standard InChI is InChI=1S/C25H25N5O3S/c1-16-9-11-20(12-10-16)30-18(3)23(17(2)29-30)28-22(31)14-33-24(32)21-15-34-25(27-21)26-13-19-7-5-4-6-8-19/h4-12,15H,13-14H2,1-3H3,(H,26,27)(H,28,31). The number of benzene rings is 2. The molecule has 1 amide bonds. The van der Waals surface area contributed by atoms with Crippen LogP contribution in [0.25, 0.3) is 5.69 Å². The van der Waals surface area contributed by atoms with Gasteiger partial charge < -0.3 is 15.4 Å². The first-order chi connectivity index (χ1) is 16.4. The summed E-state index contributed by atoms with van der Waals surface area (Å²) in [4.78, 5) is 29.0. The van der Waals surface area contributed by atoms with E-state index in [9.17, 15) is 9.59 Å². The van der Waals surface area contributed by atoms with Crippen LogP contribution >= 0.6 is 11.3 Å². The van der Waals surface area contributed by atoms with Crippen LogP contribution in [0.3, 0.4) is 0 Å². The van der Waals surface area contributed by atoms with E-state index in [2.05, 4.69) is 20.7 Å². The third-order valence-electron chi connectivity index (χ3n) is 5.17. The average molecular weight is 476 g/mol. The van der Waals surface area contributed by atoms with E-state index in [4.69, 9.17) is 4.74 Å². The summed E-state index contributed by atoms with van der Waals surface area (Å²) in [5.74, 6) is -1.09. The predicted molar refractivity (Wildman–Crippen MR) is 133 cm³/mol. The molecule has 0 aliphatic rings. The van der Waals surface area contributed by atoms with Crippen LogP contribution < -0.4 is 10.6 Å². The van der Waals surface area contributed by atoms with Gasteiger partial charge in [0.15, 0.2) is 17.4 Å². The van der Waals surface area contributed by atoms with Crippen molar-refractivity contribution >= 4 is 34.0 Å². The highest BCUT2D eigenvalue weighted by Gasteiger charge is 2.18. The van der Waals surface area contributed by atoms with Crippen LogP contribution in [-0.2, 0) is 16.1 Å². The Kier molecular flexibility index (Phi) is 7.03. The second-order valence-electron chi connectivity index (χ2n) is 7.79. The zero-order valence-electron chi connectivity index (χ0n) is 19.2. The Labute approximate surface area is 201 Å². The molecule has 0 spiro atoms. The molecule has 0 aliphatic heterocycles. The van der Waals surface area contributed by atoms with Gasteiger partial charge in [0.05, 0.1) is 22.8 Å². The molecule has 0 fully saturated rings. The third-order valence-corrected chi connectivity index (χ3v) is 5.97. The Bertz CT molecular complexity index is 1300. The lowest BCUT2D eigenvalue weighted by molar-refractivity contribution is -0.119. The summed E-state index contributed by atoms with van der Waals surface area (Å²) in [7, 11) is 0. The highest BCUT2D eigenvalue weighted by molar-refractivity contribution is 7.13. The molecule has 0 bridgehead atoms. The molecule has 2 N–H and O–H groups in total. The van der Waals surface area contributed by atoms with E-state index in [1.165, 1.54) is 11.3 Å². The quantitative estimate of drug-likeness (QED) is 0.360. The molecule has 4 aromatic rings. The first-order valence-corrected chi connectivity index (χ1v) is 11.6. The molecule has 174 valence electrons. The van der Waals surface area contributed by atoms with Crippen LogP contribution in [0.1, 0.15) is 33.0 Å². The van der Waals surface area contributed by atoms with Gasteiger partial charge in [-0.2, -0.15) is 5.10 Å². The molecule has 0 saturated heterocycles. The zero-order valence-corrected chi connectivity index (χ0v) is 20.0. The van der Waals surface area contributed by atoms with E-state index < -0.39 is 18.5 Å². The Morgan fingerprint density at radius 2 is 1.76 bits per heavy atom. The molecule has 0 unspecified atom stereocenters. The van der Waals surface area contributed by atoms with Gasteiger partial charge in [0.2, 0.25) is 0 Å². The number of aryl methyl sites for hydroxylation is 2. The maximum Gasteiger partial charge on any atom is 0.358 e. The normalized spacial score (nSPS) is 10.7. The van der Waals surface area contributed by atoms with Crippen LogP contribution in [0.15, 0.2) is 60.0 Å². The van der Waals surface area contributed by atoms with E-state index >= 15 is 0 Å². The number of hydrogen-bond donors (Lipinski definition) is 2. The summed E-state index contributed by atoms with van der Waals surface area (Å²) < 4.78 is 6.93. The van der Waals surface area contributed by atoms with E-state index in [0.717, 1.165) is 22.5 Å². The molecule has 8 nitrogen and oxygen atoms in total. The fraction of sp³-hybridized carbons (Fsp3) is 0.200. The minimum atomic E-state index is -0.650. The molecule has 0 aliphatic carbocycles. The number of carbonyl (C=O) groups excluding carboxylic acids is 2. The minimum absolute atomic E-state index is 0.160. The van der Waals surface area contributed by atoms with Crippen molar-refractivity contribution in [1.29, 1.82) is 0 Å². The van der Waals surface area contributed by atoms with Crippen LogP contribution in [-0.4, -0.2) is 33.2 Å². The van der Waals surface area contributed by atoms with Crippen LogP contribution in [0.2, 0.25) is 0 Å². The number of ether oxygens (including phenoxy) is 1. The summed E-state index contributed by atoms with van der Waals surface area (Å²) in [6, 6.07) is 17.8. The van der Waals surface area contributed by atoms with Crippen molar-refractivity contribution in [2.75, 3.05) is 17.2 Å². The molecular formula is C25H25N5O3S. The van der Waals surface area contributed by atoms with Gasteiger partial charge in [-0.05, 0) is 38.5 Å². The summed E-state index contributed by atoms with van der Waals surface area (Å²) in [5, 5.41) is 12.7. The van der Waals surface area contributed by atoms with Crippen molar-refractivity contribution in [2.45, 2.75) is 27.3 Å². The van der Waals surface area contributed by atoms with Crippen molar-refractivity contribution in [3.63, 3.8) is 0 Å². The van der Waals surface area contributed by atoms with E-state index in [1.54, 1.807) is 10.1 Å². The Morgan fingerprint density at radius 1 is 1.03 bits per heavy atom. The average Bonchev–Trinajstić information content (AvgIpc) is 3.43. The lowest BCUT2D eigenvalue weighted by Crippen LogP contribution is -2.21. The minimum Gasteiger partial charge on any atom is -0.451 e. The smallest absolute Gasteiger partial charge is 0.358 e. The number of nitrogens with zero attached hydrogens (tertiary/aromatic N) is 3.